The lowest BCUT2D eigenvalue weighted by Gasteiger charge is -2.01. The largest absolute Gasteiger partial charge is 0.268 e. The van der Waals surface area contributed by atoms with Gasteiger partial charge < -0.3 is 0 Å². The Hall–Kier alpha value is -1.28. The number of aromatic nitrogens is 2. The van der Waals surface area contributed by atoms with Gasteiger partial charge in [0, 0.05) is 11.2 Å². The molecule has 0 N–H and O–H groups in total. The molecule has 1 heterocycles. The lowest BCUT2D eigenvalue weighted by molar-refractivity contribution is 0.679. The van der Waals surface area contributed by atoms with Crippen LogP contribution in [0.15, 0.2) is 36.5 Å². The summed E-state index contributed by atoms with van der Waals surface area (Å²) in [6, 6.07) is 9.81. The van der Waals surface area contributed by atoms with Gasteiger partial charge in [0.2, 0.25) is 0 Å². The van der Waals surface area contributed by atoms with Gasteiger partial charge in [-0.25, -0.2) is 0 Å². The smallest absolute Gasteiger partial charge is 0.0659 e. The molecule has 0 spiro atoms. The molecule has 0 radical (unpaired) electrons. The van der Waals surface area contributed by atoms with E-state index < -0.39 is 0 Å². The van der Waals surface area contributed by atoms with E-state index in [1.165, 1.54) is 5.56 Å². The van der Waals surface area contributed by atoms with Crippen LogP contribution in [-0.4, -0.2) is 9.78 Å². The Morgan fingerprint density at radius 2 is 1.93 bits per heavy atom. The molecule has 14 heavy (non-hydrogen) atoms. The fourth-order valence-corrected chi connectivity index (χ4v) is 1.45. The van der Waals surface area contributed by atoms with Gasteiger partial charge in [0.25, 0.3) is 0 Å². The summed E-state index contributed by atoms with van der Waals surface area (Å²) in [6.07, 6.45) is 1.98. The molecule has 0 unspecified atom stereocenters. The summed E-state index contributed by atoms with van der Waals surface area (Å²) in [5.74, 6) is 0. The maximum Gasteiger partial charge on any atom is 0.0659 e. The molecule has 2 aromatic rings. The van der Waals surface area contributed by atoms with Crippen molar-refractivity contribution < 1.29 is 0 Å². The van der Waals surface area contributed by atoms with Crippen molar-refractivity contribution in [2.45, 2.75) is 13.5 Å². The van der Waals surface area contributed by atoms with E-state index in [9.17, 15) is 0 Å². The quantitative estimate of drug-likeness (QED) is 0.739. The number of rotatable bonds is 2. The van der Waals surface area contributed by atoms with Crippen LogP contribution in [0.5, 0.6) is 0 Å². The third-order valence-corrected chi connectivity index (χ3v) is 2.28. The molecule has 0 fully saturated rings. The molecule has 2 nitrogen and oxygen atoms in total. The van der Waals surface area contributed by atoms with Crippen LogP contribution in [0, 0.1) is 6.92 Å². The van der Waals surface area contributed by atoms with E-state index in [0.717, 1.165) is 17.3 Å². The summed E-state index contributed by atoms with van der Waals surface area (Å²) >= 11 is 5.80. The molecule has 2 rings (SSSR count). The summed E-state index contributed by atoms with van der Waals surface area (Å²) in [6.45, 7) is 2.78. The monoisotopic (exact) mass is 206 g/mol. The Bertz CT molecular complexity index is 417. The van der Waals surface area contributed by atoms with E-state index in [0.29, 0.717) is 0 Å². The number of nitrogens with zero attached hydrogens (tertiary/aromatic N) is 2. The minimum absolute atomic E-state index is 0.769. The third kappa shape index (κ3) is 2.15. The first-order valence-electron chi connectivity index (χ1n) is 4.48. The van der Waals surface area contributed by atoms with Gasteiger partial charge >= 0.3 is 0 Å². The number of benzene rings is 1. The van der Waals surface area contributed by atoms with Crippen LogP contribution in [0.25, 0.3) is 0 Å². The normalized spacial score (nSPS) is 10.4. The lowest BCUT2D eigenvalue weighted by Crippen LogP contribution is -1.99. The van der Waals surface area contributed by atoms with Crippen molar-refractivity contribution in [3.8, 4) is 0 Å². The van der Waals surface area contributed by atoms with Crippen LogP contribution in [-0.2, 0) is 6.54 Å². The molecule has 72 valence electrons. The van der Waals surface area contributed by atoms with E-state index in [4.69, 9.17) is 11.6 Å². The maximum absolute atomic E-state index is 5.80. The van der Waals surface area contributed by atoms with Crippen LogP contribution < -0.4 is 0 Å². The molecular formula is C11H11ClN2. The van der Waals surface area contributed by atoms with Crippen LogP contribution in [0.2, 0.25) is 5.02 Å². The van der Waals surface area contributed by atoms with E-state index in [-0.39, 0.29) is 0 Å². The van der Waals surface area contributed by atoms with Gasteiger partial charge in [-0.3, -0.25) is 4.68 Å². The first-order valence-corrected chi connectivity index (χ1v) is 4.86. The van der Waals surface area contributed by atoms with Crippen LogP contribution in [0.4, 0.5) is 0 Å². The van der Waals surface area contributed by atoms with Crippen molar-refractivity contribution in [2.75, 3.05) is 0 Å². The third-order valence-electron chi connectivity index (χ3n) is 2.03. The number of hydrogen-bond donors (Lipinski definition) is 0. The van der Waals surface area contributed by atoms with Gasteiger partial charge in [-0.05, 0) is 30.7 Å². The molecule has 0 amide bonds. The molecule has 1 aromatic heterocycles. The minimum Gasteiger partial charge on any atom is -0.268 e. The van der Waals surface area contributed by atoms with E-state index >= 15 is 0 Å². The van der Waals surface area contributed by atoms with Crippen molar-refractivity contribution >= 4 is 11.6 Å². The van der Waals surface area contributed by atoms with Crippen molar-refractivity contribution in [3.05, 3.63) is 52.8 Å². The van der Waals surface area contributed by atoms with Crippen molar-refractivity contribution in [3.63, 3.8) is 0 Å². The van der Waals surface area contributed by atoms with Gasteiger partial charge in [0.15, 0.2) is 0 Å². The fourth-order valence-electron chi connectivity index (χ4n) is 1.33. The SMILES string of the molecule is Cc1ccn(Cc2ccc(Cl)cc2)n1. The average molecular weight is 207 g/mol. The van der Waals surface area contributed by atoms with Crippen molar-refractivity contribution in [1.82, 2.24) is 9.78 Å². The molecule has 0 saturated carbocycles. The summed E-state index contributed by atoms with van der Waals surface area (Å²) < 4.78 is 1.92. The highest BCUT2D eigenvalue weighted by Gasteiger charge is 1.96. The Balaban J connectivity index is 2.15. The van der Waals surface area contributed by atoms with Gasteiger partial charge in [0.05, 0.1) is 12.2 Å². The zero-order chi connectivity index (χ0) is 9.97. The highest BCUT2D eigenvalue weighted by Crippen LogP contribution is 2.10. The standard InChI is InChI=1S/C11H11ClN2/c1-9-6-7-14(13-9)8-10-2-4-11(12)5-3-10/h2-7H,8H2,1H3. The topological polar surface area (TPSA) is 17.8 Å². The average Bonchev–Trinajstić information content (AvgIpc) is 2.56. The molecule has 0 bridgehead atoms. The molecule has 1 aromatic carbocycles. The Morgan fingerprint density at radius 1 is 1.21 bits per heavy atom. The summed E-state index contributed by atoms with van der Waals surface area (Å²) in [5.41, 5.74) is 2.25. The van der Waals surface area contributed by atoms with Crippen molar-refractivity contribution in [2.24, 2.45) is 0 Å². The maximum atomic E-state index is 5.80. The predicted octanol–water partition coefficient (Wildman–Crippen LogP) is 2.89. The first-order chi connectivity index (χ1) is 6.74. The van der Waals surface area contributed by atoms with Gasteiger partial charge in [0.1, 0.15) is 0 Å². The Kier molecular flexibility index (Phi) is 2.55. The van der Waals surface area contributed by atoms with E-state index in [2.05, 4.69) is 5.10 Å². The van der Waals surface area contributed by atoms with Crippen LogP contribution >= 0.6 is 11.6 Å². The summed E-state index contributed by atoms with van der Waals surface area (Å²) in [5, 5.41) is 5.08. The summed E-state index contributed by atoms with van der Waals surface area (Å²) in [7, 11) is 0. The highest BCUT2D eigenvalue weighted by molar-refractivity contribution is 6.30. The number of aryl methyl sites for hydroxylation is 1. The van der Waals surface area contributed by atoms with E-state index in [1.807, 2.05) is 48.1 Å². The molecular weight excluding hydrogens is 196 g/mol. The highest BCUT2D eigenvalue weighted by atomic mass is 35.5. The molecule has 0 aliphatic carbocycles. The number of halogens is 1. The second kappa shape index (κ2) is 3.84. The fraction of sp³-hybridized carbons (Fsp3) is 0.182. The van der Waals surface area contributed by atoms with Crippen LogP contribution in [0.1, 0.15) is 11.3 Å². The molecule has 3 heteroatoms. The summed E-state index contributed by atoms with van der Waals surface area (Å²) in [4.78, 5) is 0. The first kappa shape index (κ1) is 9.28. The minimum atomic E-state index is 0.769. The zero-order valence-electron chi connectivity index (χ0n) is 7.94. The van der Waals surface area contributed by atoms with E-state index in [1.54, 1.807) is 0 Å². The number of hydrogen-bond acceptors (Lipinski definition) is 1. The van der Waals surface area contributed by atoms with Gasteiger partial charge in [-0.15, -0.1) is 0 Å². The molecule has 0 aliphatic heterocycles. The molecule has 0 saturated heterocycles. The molecule has 0 aliphatic rings. The van der Waals surface area contributed by atoms with Crippen molar-refractivity contribution in [1.29, 1.82) is 0 Å². The molecule has 0 atom stereocenters. The Morgan fingerprint density at radius 3 is 2.50 bits per heavy atom. The second-order valence-corrected chi connectivity index (χ2v) is 3.72. The van der Waals surface area contributed by atoms with Gasteiger partial charge in [-0.1, -0.05) is 23.7 Å². The Labute approximate surface area is 88.1 Å². The van der Waals surface area contributed by atoms with Gasteiger partial charge in [-0.2, -0.15) is 5.10 Å². The second-order valence-electron chi connectivity index (χ2n) is 3.28. The van der Waals surface area contributed by atoms with Crippen LogP contribution in [0.3, 0.4) is 0 Å². The lowest BCUT2D eigenvalue weighted by atomic mass is 10.2. The zero-order valence-corrected chi connectivity index (χ0v) is 8.70. The predicted molar refractivity (Wildman–Crippen MR) is 57.5 cm³/mol.